The summed E-state index contributed by atoms with van der Waals surface area (Å²) in [5.74, 6) is 1.48. The van der Waals surface area contributed by atoms with Gasteiger partial charge in [-0.25, -0.2) is 5.10 Å². The van der Waals surface area contributed by atoms with Gasteiger partial charge in [-0.15, -0.1) is 5.10 Å². The molecule has 26 heavy (non-hydrogen) atoms. The van der Waals surface area contributed by atoms with Crippen molar-refractivity contribution in [2.45, 2.75) is 13.5 Å². The Morgan fingerprint density at radius 1 is 0.962 bits per heavy atom. The van der Waals surface area contributed by atoms with E-state index in [1.54, 1.807) is 6.20 Å². The molecule has 0 aliphatic carbocycles. The summed E-state index contributed by atoms with van der Waals surface area (Å²) in [6.07, 6.45) is 1.75. The van der Waals surface area contributed by atoms with Gasteiger partial charge in [0.25, 0.3) is 0 Å². The number of aromatic nitrogens is 5. The number of nitrogens with zero attached hydrogens (tertiary/aromatic N) is 4. The summed E-state index contributed by atoms with van der Waals surface area (Å²) in [5.41, 5.74) is 5.18. The van der Waals surface area contributed by atoms with E-state index in [1.807, 2.05) is 37.3 Å². The molecule has 2 heterocycles. The van der Waals surface area contributed by atoms with E-state index in [0.717, 1.165) is 33.7 Å². The molecule has 6 nitrogen and oxygen atoms in total. The number of nitrogens with one attached hydrogen (secondary N) is 1. The van der Waals surface area contributed by atoms with Crippen molar-refractivity contribution in [1.82, 2.24) is 25.6 Å². The monoisotopic (exact) mass is 343 g/mol. The van der Waals surface area contributed by atoms with Crippen molar-refractivity contribution < 1.29 is 4.74 Å². The molecule has 0 saturated carbocycles. The fourth-order valence-corrected chi connectivity index (χ4v) is 2.77. The third kappa shape index (κ3) is 3.44. The number of benzene rings is 2. The Morgan fingerprint density at radius 2 is 1.77 bits per heavy atom. The average Bonchev–Trinajstić information content (AvgIpc) is 3.22. The second kappa shape index (κ2) is 7.14. The molecule has 0 saturated heterocycles. The zero-order chi connectivity index (χ0) is 17.8. The standard InChI is InChI=1S/C20H17N5O/c1-14-12-17(10-11-21-14)26-13-15-6-8-16(9-7-15)18-4-2-3-5-19(18)20-22-24-25-23-20/h2-12H,13H2,1H3,(H,22,23,24,25). The number of H-pyrrole nitrogens is 1. The molecule has 2 aromatic heterocycles. The number of rotatable bonds is 5. The molecular formula is C20H17N5O. The van der Waals surface area contributed by atoms with E-state index in [2.05, 4.69) is 55.9 Å². The summed E-state index contributed by atoms with van der Waals surface area (Å²) in [4.78, 5) is 4.17. The Morgan fingerprint density at radius 3 is 2.50 bits per heavy atom. The van der Waals surface area contributed by atoms with Crippen LogP contribution in [0.5, 0.6) is 5.75 Å². The summed E-state index contributed by atoms with van der Waals surface area (Å²) < 4.78 is 5.83. The summed E-state index contributed by atoms with van der Waals surface area (Å²) in [7, 11) is 0. The molecule has 0 bridgehead atoms. The Labute approximate surface area is 150 Å². The van der Waals surface area contributed by atoms with Crippen LogP contribution < -0.4 is 4.74 Å². The highest BCUT2D eigenvalue weighted by atomic mass is 16.5. The highest BCUT2D eigenvalue weighted by molar-refractivity contribution is 5.80. The van der Waals surface area contributed by atoms with Gasteiger partial charge in [-0.05, 0) is 40.1 Å². The minimum atomic E-state index is 0.511. The quantitative estimate of drug-likeness (QED) is 0.596. The predicted molar refractivity (Wildman–Crippen MR) is 98.4 cm³/mol. The van der Waals surface area contributed by atoms with Gasteiger partial charge < -0.3 is 4.74 Å². The molecule has 0 aliphatic rings. The third-order valence-electron chi connectivity index (χ3n) is 4.07. The predicted octanol–water partition coefficient (Wildman–Crippen LogP) is 3.82. The molecule has 6 heteroatoms. The maximum atomic E-state index is 5.83. The van der Waals surface area contributed by atoms with Gasteiger partial charge in [0.15, 0.2) is 5.82 Å². The van der Waals surface area contributed by atoms with E-state index in [4.69, 9.17) is 4.74 Å². The lowest BCUT2D eigenvalue weighted by molar-refractivity contribution is 0.305. The molecule has 2 aromatic carbocycles. The lowest BCUT2D eigenvalue weighted by Gasteiger charge is -2.09. The average molecular weight is 343 g/mol. The van der Waals surface area contributed by atoms with Crippen LogP contribution in [0.25, 0.3) is 22.5 Å². The third-order valence-corrected chi connectivity index (χ3v) is 4.07. The number of hydrogen-bond acceptors (Lipinski definition) is 5. The molecule has 1 N–H and O–H groups in total. The summed E-state index contributed by atoms with van der Waals surface area (Å²) >= 11 is 0. The number of ether oxygens (including phenoxy) is 1. The van der Waals surface area contributed by atoms with Gasteiger partial charge in [0.05, 0.1) is 0 Å². The van der Waals surface area contributed by atoms with Gasteiger partial charge in [0.1, 0.15) is 12.4 Å². The molecule has 0 unspecified atom stereocenters. The maximum absolute atomic E-state index is 5.83. The summed E-state index contributed by atoms with van der Waals surface area (Å²) in [6.45, 7) is 2.46. The number of hydrogen-bond donors (Lipinski definition) is 1. The topological polar surface area (TPSA) is 76.6 Å². The van der Waals surface area contributed by atoms with Crippen LogP contribution in [0, 0.1) is 6.92 Å². The zero-order valence-corrected chi connectivity index (χ0v) is 14.3. The molecule has 128 valence electrons. The lowest BCUT2D eigenvalue weighted by Crippen LogP contribution is -1.96. The van der Waals surface area contributed by atoms with Crippen molar-refractivity contribution in [3.63, 3.8) is 0 Å². The van der Waals surface area contributed by atoms with Crippen molar-refractivity contribution in [2.24, 2.45) is 0 Å². The Bertz CT molecular complexity index is 997. The highest BCUT2D eigenvalue weighted by Gasteiger charge is 2.09. The normalized spacial score (nSPS) is 10.7. The first-order chi connectivity index (χ1) is 12.8. The fraction of sp³-hybridized carbons (Fsp3) is 0.100. The van der Waals surface area contributed by atoms with Crippen LogP contribution in [0.2, 0.25) is 0 Å². The van der Waals surface area contributed by atoms with Crippen LogP contribution in [0.15, 0.2) is 66.9 Å². The first-order valence-electron chi connectivity index (χ1n) is 8.27. The second-order valence-corrected chi connectivity index (χ2v) is 5.91. The molecule has 0 atom stereocenters. The van der Waals surface area contributed by atoms with Crippen molar-refractivity contribution in [3.8, 4) is 28.3 Å². The molecule has 4 aromatic rings. The number of tetrazole rings is 1. The van der Waals surface area contributed by atoms with Crippen LogP contribution in [-0.2, 0) is 6.61 Å². The van der Waals surface area contributed by atoms with Crippen molar-refractivity contribution in [1.29, 1.82) is 0 Å². The van der Waals surface area contributed by atoms with Gasteiger partial charge in [0.2, 0.25) is 0 Å². The number of aromatic amines is 1. The minimum absolute atomic E-state index is 0.511. The highest BCUT2D eigenvalue weighted by Crippen LogP contribution is 2.29. The number of pyridine rings is 1. The van der Waals surface area contributed by atoms with Gasteiger partial charge in [0, 0.05) is 23.5 Å². The molecular weight excluding hydrogens is 326 g/mol. The maximum Gasteiger partial charge on any atom is 0.180 e. The Hall–Kier alpha value is -3.54. The van der Waals surface area contributed by atoms with Gasteiger partial charge in [-0.2, -0.15) is 0 Å². The van der Waals surface area contributed by atoms with E-state index < -0.39 is 0 Å². The zero-order valence-electron chi connectivity index (χ0n) is 14.3. The smallest absolute Gasteiger partial charge is 0.180 e. The molecule has 0 spiro atoms. The SMILES string of the molecule is Cc1cc(OCc2ccc(-c3ccccc3-c3nnn[nH]3)cc2)ccn1. The van der Waals surface area contributed by atoms with E-state index in [9.17, 15) is 0 Å². The van der Waals surface area contributed by atoms with Crippen molar-refractivity contribution >= 4 is 0 Å². The summed E-state index contributed by atoms with van der Waals surface area (Å²) in [5, 5.41) is 14.2. The second-order valence-electron chi connectivity index (χ2n) is 5.91. The van der Waals surface area contributed by atoms with E-state index in [-0.39, 0.29) is 0 Å². The van der Waals surface area contributed by atoms with Crippen LogP contribution in [0.1, 0.15) is 11.3 Å². The van der Waals surface area contributed by atoms with E-state index in [1.165, 1.54) is 0 Å². The molecule has 0 fully saturated rings. The van der Waals surface area contributed by atoms with Crippen molar-refractivity contribution in [3.05, 3.63) is 78.1 Å². The van der Waals surface area contributed by atoms with Gasteiger partial charge in [-0.1, -0.05) is 48.5 Å². The molecule has 0 aliphatic heterocycles. The molecule has 4 rings (SSSR count). The lowest BCUT2D eigenvalue weighted by atomic mass is 9.98. The fourth-order valence-electron chi connectivity index (χ4n) is 2.77. The Kier molecular flexibility index (Phi) is 4.38. The van der Waals surface area contributed by atoms with Crippen LogP contribution in [0.3, 0.4) is 0 Å². The first kappa shape index (κ1) is 16.0. The minimum Gasteiger partial charge on any atom is -0.489 e. The van der Waals surface area contributed by atoms with E-state index >= 15 is 0 Å². The van der Waals surface area contributed by atoms with Crippen molar-refractivity contribution in [2.75, 3.05) is 0 Å². The van der Waals surface area contributed by atoms with Gasteiger partial charge in [-0.3, -0.25) is 4.98 Å². The molecule has 0 amide bonds. The Balaban J connectivity index is 1.54. The van der Waals surface area contributed by atoms with Gasteiger partial charge >= 0.3 is 0 Å². The first-order valence-corrected chi connectivity index (χ1v) is 8.27. The largest absolute Gasteiger partial charge is 0.489 e. The van der Waals surface area contributed by atoms with E-state index in [0.29, 0.717) is 12.4 Å². The van der Waals surface area contributed by atoms with Crippen LogP contribution in [0.4, 0.5) is 0 Å². The molecule has 0 radical (unpaired) electrons. The van der Waals surface area contributed by atoms with Crippen LogP contribution >= 0.6 is 0 Å². The van der Waals surface area contributed by atoms with Crippen LogP contribution in [-0.4, -0.2) is 25.6 Å². The number of aryl methyl sites for hydroxylation is 1. The summed E-state index contributed by atoms with van der Waals surface area (Å²) in [6, 6.07) is 20.1.